The van der Waals surface area contributed by atoms with E-state index in [1.54, 1.807) is 6.07 Å². The van der Waals surface area contributed by atoms with E-state index in [0.29, 0.717) is 18.3 Å². The Hall–Kier alpha value is -1.09. The first-order valence-electron chi connectivity index (χ1n) is 6.55. The van der Waals surface area contributed by atoms with Gasteiger partial charge < -0.3 is 10.4 Å². The van der Waals surface area contributed by atoms with Crippen molar-refractivity contribution in [3.05, 3.63) is 23.5 Å². The molecule has 0 aliphatic heterocycles. The maximum Gasteiger partial charge on any atom is 0.138 e. The van der Waals surface area contributed by atoms with Crippen LogP contribution in [0.2, 0.25) is 0 Å². The van der Waals surface area contributed by atoms with E-state index < -0.39 is 0 Å². The Labute approximate surface area is 103 Å². The fraction of sp³-hybridized carbons (Fsp3) is 0.643. The zero-order chi connectivity index (χ0) is 12.3. The Morgan fingerprint density at radius 1 is 1.41 bits per heavy atom. The zero-order valence-electron chi connectivity index (χ0n) is 10.7. The minimum Gasteiger partial charge on any atom is -0.506 e. The molecule has 94 valence electrons. The van der Waals surface area contributed by atoms with Gasteiger partial charge in [0.1, 0.15) is 5.75 Å². The number of aromatic hydroxyl groups is 1. The van der Waals surface area contributed by atoms with Crippen LogP contribution in [0.25, 0.3) is 0 Å². The number of pyridine rings is 1. The van der Waals surface area contributed by atoms with E-state index in [2.05, 4.69) is 17.2 Å². The highest BCUT2D eigenvalue weighted by Gasteiger charge is 2.21. The fourth-order valence-electron chi connectivity index (χ4n) is 2.61. The van der Waals surface area contributed by atoms with Crippen molar-refractivity contribution >= 4 is 0 Å². The Morgan fingerprint density at radius 3 is 2.82 bits per heavy atom. The highest BCUT2D eigenvalue weighted by molar-refractivity contribution is 5.27. The lowest BCUT2D eigenvalue weighted by Gasteiger charge is -2.20. The standard InChI is InChI=1S/C14H22N2O/c1-10-7-8-14(17)13(16-10)9-15-11(2)12-5-3-4-6-12/h7-8,11-12,15,17H,3-6,9H2,1-2H3/t11-/m0/s1. The van der Waals surface area contributed by atoms with Gasteiger partial charge in [-0.1, -0.05) is 12.8 Å². The number of nitrogens with zero attached hydrogens (tertiary/aromatic N) is 1. The van der Waals surface area contributed by atoms with Gasteiger partial charge in [-0.2, -0.15) is 0 Å². The van der Waals surface area contributed by atoms with Crippen LogP contribution in [0.4, 0.5) is 0 Å². The Balaban J connectivity index is 1.90. The first-order valence-corrected chi connectivity index (χ1v) is 6.55. The molecule has 1 heterocycles. The maximum atomic E-state index is 9.71. The van der Waals surface area contributed by atoms with Gasteiger partial charge in [0, 0.05) is 18.3 Å². The van der Waals surface area contributed by atoms with Crippen LogP contribution in [0.15, 0.2) is 12.1 Å². The normalized spacial score (nSPS) is 18.5. The summed E-state index contributed by atoms with van der Waals surface area (Å²) < 4.78 is 0. The average molecular weight is 234 g/mol. The van der Waals surface area contributed by atoms with Crippen molar-refractivity contribution in [2.75, 3.05) is 0 Å². The van der Waals surface area contributed by atoms with E-state index in [-0.39, 0.29) is 0 Å². The summed E-state index contributed by atoms with van der Waals surface area (Å²) in [5.41, 5.74) is 1.71. The molecular weight excluding hydrogens is 212 g/mol. The lowest BCUT2D eigenvalue weighted by molar-refractivity contribution is 0.373. The molecule has 1 saturated carbocycles. The van der Waals surface area contributed by atoms with Gasteiger partial charge in [-0.15, -0.1) is 0 Å². The second-order valence-electron chi connectivity index (χ2n) is 5.13. The first kappa shape index (κ1) is 12.4. The average Bonchev–Trinajstić information content (AvgIpc) is 2.83. The molecule has 0 amide bonds. The second kappa shape index (κ2) is 5.50. The van der Waals surface area contributed by atoms with Crippen molar-refractivity contribution in [2.45, 2.75) is 52.1 Å². The monoisotopic (exact) mass is 234 g/mol. The Kier molecular flexibility index (Phi) is 4.00. The van der Waals surface area contributed by atoms with E-state index in [4.69, 9.17) is 0 Å². The molecule has 0 radical (unpaired) electrons. The van der Waals surface area contributed by atoms with Crippen LogP contribution in [-0.2, 0) is 6.54 Å². The molecule has 1 aliphatic carbocycles. The van der Waals surface area contributed by atoms with Gasteiger partial charge in [0.15, 0.2) is 0 Å². The van der Waals surface area contributed by atoms with Crippen LogP contribution >= 0.6 is 0 Å². The summed E-state index contributed by atoms with van der Waals surface area (Å²) in [7, 11) is 0. The summed E-state index contributed by atoms with van der Waals surface area (Å²) in [5.74, 6) is 1.09. The minimum atomic E-state index is 0.293. The summed E-state index contributed by atoms with van der Waals surface area (Å²) in [6, 6.07) is 4.07. The van der Waals surface area contributed by atoms with Crippen LogP contribution in [0.5, 0.6) is 5.75 Å². The number of rotatable bonds is 4. The molecule has 0 unspecified atom stereocenters. The highest BCUT2D eigenvalue weighted by atomic mass is 16.3. The third-order valence-corrected chi connectivity index (χ3v) is 3.79. The smallest absolute Gasteiger partial charge is 0.138 e. The summed E-state index contributed by atoms with van der Waals surface area (Å²) in [5, 5.41) is 13.2. The number of hydrogen-bond donors (Lipinski definition) is 2. The molecular formula is C14H22N2O. The zero-order valence-corrected chi connectivity index (χ0v) is 10.7. The number of aryl methyl sites for hydroxylation is 1. The molecule has 0 spiro atoms. The quantitative estimate of drug-likeness (QED) is 0.842. The lowest BCUT2D eigenvalue weighted by Crippen LogP contribution is -2.32. The van der Waals surface area contributed by atoms with Crippen molar-refractivity contribution in [1.82, 2.24) is 10.3 Å². The van der Waals surface area contributed by atoms with Crippen LogP contribution in [-0.4, -0.2) is 16.1 Å². The molecule has 3 nitrogen and oxygen atoms in total. The van der Waals surface area contributed by atoms with Gasteiger partial charge in [0.2, 0.25) is 0 Å². The molecule has 1 aliphatic rings. The summed E-state index contributed by atoms with van der Waals surface area (Å²) in [6.07, 6.45) is 5.40. The summed E-state index contributed by atoms with van der Waals surface area (Å²) in [4.78, 5) is 4.36. The molecule has 17 heavy (non-hydrogen) atoms. The third-order valence-electron chi connectivity index (χ3n) is 3.79. The lowest BCUT2D eigenvalue weighted by atomic mass is 10.00. The molecule has 1 fully saturated rings. The number of aromatic nitrogens is 1. The van der Waals surface area contributed by atoms with Gasteiger partial charge >= 0.3 is 0 Å². The number of nitrogens with one attached hydrogen (secondary N) is 1. The largest absolute Gasteiger partial charge is 0.506 e. The predicted octanol–water partition coefficient (Wildman–Crippen LogP) is 2.76. The van der Waals surface area contributed by atoms with Crippen molar-refractivity contribution in [3.63, 3.8) is 0 Å². The predicted molar refractivity (Wildman–Crippen MR) is 68.9 cm³/mol. The van der Waals surface area contributed by atoms with E-state index >= 15 is 0 Å². The topological polar surface area (TPSA) is 45.1 Å². The second-order valence-corrected chi connectivity index (χ2v) is 5.13. The van der Waals surface area contributed by atoms with Gasteiger partial charge in [-0.3, -0.25) is 4.98 Å². The number of hydrogen-bond acceptors (Lipinski definition) is 3. The van der Waals surface area contributed by atoms with Crippen LogP contribution in [0, 0.1) is 12.8 Å². The SMILES string of the molecule is Cc1ccc(O)c(CN[C@@H](C)C2CCCC2)n1. The molecule has 3 heteroatoms. The van der Waals surface area contributed by atoms with E-state index in [0.717, 1.165) is 17.3 Å². The van der Waals surface area contributed by atoms with Crippen molar-refractivity contribution in [1.29, 1.82) is 0 Å². The fourth-order valence-corrected chi connectivity index (χ4v) is 2.61. The van der Waals surface area contributed by atoms with E-state index in [1.165, 1.54) is 25.7 Å². The Morgan fingerprint density at radius 2 is 2.12 bits per heavy atom. The van der Waals surface area contributed by atoms with Crippen LogP contribution in [0.3, 0.4) is 0 Å². The van der Waals surface area contributed by atoms with E-state index in [9.17, 15) is 5.11 Å². The maximum absolute atomic E-state index is 9.71. The van der Waals surface area contributed by atoms with Crippen molar-refractivity contribution < 1.29 is 5.11 Å². The third kappa shape index (κ3) is 3.19. The van der Waals surface area contributed by atoms with Gasteiger partial charge in [0.05, 0.1) is 5.69 Å². The van der Waals surface area contributed by atoms with Crippen molar-refractivity contribution in [2.24, 2.45) is 5.92 Å². The molecule has 1 aromatic heterocycles. The Bertz CT molecular complexity index is 372. The van der Waals surface area contributed by atoms with Crippen LogP contribution < -0.4 is 5.32 Å². The first-order chi connectivity index (χ1) is 8.16. The summed E-state index contributed by atoms with van der Waals surface area (Å²) >= 11 is 0. The minimum absolute atomic E-state index is 0.293. The molecule has 2 rings (SSSR count). The van der Waals surface area contributed by atoms with Gasteiger partial charge in [-0.05, 0) is 44.7 Å². The molecule has 1 atom stereocenters. The molecule has 0 bridgehead atoms. The molecule has 1 aromatic rings. The summed E-state index contributed by atoms with van der Waals surface area (Å²) in [6.45, 7) is 4.84. The molecule has 2 N–H and O–H groups in total. The highest BCUT2D eigenvalue weighted by Crippen LogP contribution is 2.27. The van der Waals surface area contributed by atoms with E-state index in [1.807, 2.05) is 13.0 Å². The van der Waals surface area contributed by atoms with Crippen molar-refractivity contribution in [3.8, 4) is 5.75 Å². The molecule has 0 aromatic carbocycles. The van der Waals surface area contributed by atoms with Gasteiger partial charge in [0.25, 0.3) is 0 Å². The van der Waals surface area contributed by atoms with Gasteiger partial charge in [-0.25, -0.2) is 0 Å². The molecule has 0 saturated heterocycles. The van der Waals surface area contributed by atoms with Crippen LogP contribution in [0.1, 0.15) is 44.0 Å².